The maximum absolute atomic E-state index is 13.0. The number of phenolic OH excluding ortho intramolecular Hbond substituents is 1. The summed E-state index contributed by atoms with van der Waals surface area (Å²) in [5, 5.41) is 12.4. The predicted octanol–water partition coefficient (Wildman–Crippen LogP) is 4.87. The number of aromatic hydroxyl groups is 1. The molecule has 0 aliphatic carbocycles. The fourth-order valence-electron chi connectivity index (χ4n) is 5.38. The molecule has 2 aliphatic heterocycles. The van der Waals surface area contributed by atoms with Crippen molar-refractivity contribution in [3.8, 4) is 22.6 Å². The van der Waals surface area contributed by atoms with Gasteiger partial charge < -0.3 is 24.4 Å². The molecular weight excluding hydrogens is 510 g/mol. The number of hydrogen-bond acceptors (Lipinski definition) is 7. The summed E-state index contributed by atoms with van der Waals surface area (Å²) < 4.78 is 11.0. The molecule has 0 atom stereocenters. The zero-order valence-electron chi connectivity index (χ0n) is 22.5. The van der Waals surface area contributed by atoms with Crippen LogP contribution in [0.25, 0.3) is 11.1 Å². The number of rotatable bonds is 8. The monoisotopic (exact) mass is 543 g/mol. The number of carbonyl (C=O) groups excluding carboxylic acids is 3. The molecule has 0 unspecified atom stereocenters. The Kier molecular flexibility index (Phi) is 8.31. The Morgan fingerprint density at radius 1 is 1.05 bits per heavy atom. The van der Waals surface area contributed by atoms with E-state index < -0.39 is 6.09 Å². The Bertz CT molecular complexity index is 1380. The van der Waals surface area contributed by atoms with Gasteiger partial charge in [-0.2, -0.15) is 0 Å². The van der Waals surface area contributed by atoms with E-state index in [1.54, 1.807) is 41.3 Å². The van der Waals surface area contributed by atoms with Gasteiger partial charge in [-0.05, 0) is 54.7 Å². The van der Waals surface area contributed by atoms with E-state index in [0.717, 1.165) is 48.2 Å². The van der Waals surface area contributed by atoms with E-state index in [9.17, 15) is 19.5 Å². The number of methoxy groups -OCH3 is 1. The number of aldehydes is 1. The molecule has 0 saturated carbocycles. The molecule has 2 aliphatic rings. The fraction of sp³-hybridized carbons (Fsp3) is 0.323. The highest BCUT2D eigenvalue weighted by atomic mass is 16.6. The first-order chi connectivity index (χ1) is 19.4. The molecule has 3 aromatic rings. The van der Waals surface area contributed by atoms with Gasteiger partial charge >= 0.3 is 6.09 Å². The van der Waals surface area contributed by atoms with Gasteiger partial charge in [0.2, 0.25) is 5.91 Å². The van der Waals surface area contributed by atoms with Crippen molar-refractivity contribution < 1.29 is 29.0 Å². The number of piperidine rings is 1. The van der Waals surface area contributed by atoms with Crippen LogP contribution in [0.2, 0.25) is 0 Å². The molecule has 3 aromatic carbocycles. The number of likely N-dealkylation sites (tertiary alicyclic amines) is 1. The van der Waals surface area contributed by atoms with Crippen LogP contribution in [0.3, 0.4) is 0 Å². The first-order valence-corrected chi connectivity index (χ1v) is 13.5. The van der Waals surface area contributed by atoms with E-state index in [-0.39, 0.29) is 17.8 Å². The van der Waals surface area contributed by atoms with E-state index in [4.69, 9.17) is 9.47 Å². The normalized spacial score (nSPS) is 15.4. The summed E-state index contributed by atoms with van der Waals surface area (Å²) in [6.45, 7) is 2.71. The molecule has 40 heavy (non-hydrogen) atoms. The standard InChI is InChI=1S/C31H33N3O6/c1-39-29-19-28-22(18-23(29)20-35)10-17-34(28)30(37)13-16-33-14-11-25(12-15-33)40-31(38)32-27-5-3-2-4-26(27)21-6-8-24(36)9-7-21/h2-9,18-20,25,36H,10-17H2,1H3,(H,32,38). The second kappa shape index (κ2) is 12.2. The zero-order chi connectivity index (χ0) is 28.1. The van der Waals surface area contributed by atoms with Crippen LogP contribution in [0, 0.1) is 0 Å². The highest BCUT2D eigenvalue weighted by Crippen LogP contribution is 2.34. The molecule has 0 radical (unpaired) electrons. The molecule has 1 fully saturated rings. The summed E-state index contributed by atoms with van der Waals surface area (Å²) in [6, 6.07) is 17.9. The van der Waals surface area contributed by atoms with Crippen molar-refractivity contribution in [3.05, 3.63) is 71.8 Å². The number of carbonyl (C=O) groups is 3. The SMILES string of the molecule is COc1cc2c(cc1C=O)CCN2C(=O)CCN1CCC(OC(=O)Nc2ccccc2-c2ccc(O)cc2)CC1. The third-order valence-corrected chi connectivity index (χ3v) is 7.55. The van der Waals surface area contributed by atoms with Gasteiger partial charge in [-0.3, -0.25) is 14.9 Å². The van der Waals surface area contributed by atoms with Gasteiger partial charge in [0, 0.05) is 44.2 Å². The lowest BCUT2D eigenvalue weighted by Gasteiger charge is -2.31. The summed E-state index contributed by atoms with van der Waals surface area (Å²) in [4.78, 5) is 41.0. The molecule has 5 rings (SSSR count). The second-order valence-corrected chi connectivity index (χ2v) is 10.0. The number of nitrogens with one attached hydrogen (secondary N) is 1. The minimum atomic E-state index is -0.499. The minimum Gasteiger partial charge on any atom is -0.508 e. The van der Waals surface area contributed by atoms with Gasteiger partial charge in [-0.15, -0.1) is 0 Å². The molecule has 2 heterocycles. The second-order valence-electron chi connectivity index (χ2n) is 10.0. The Morgan fingerprint density at radius 2 is 1.80 bits per heavy atom. The summed E-state index contributed by atoms with van der Waals surface area (Å²) in [6.07, 6.45) is 2.57. The molecule has 9 heteroatoms. The molecule has 0 bridgehead atoms. The predicted molar refractivity (Wildman–Crippen MR) is 152 cm³/mol. The fourth-order valence-corrected chi connectivity index (χ4v) is 5.38. The molecule has 2 amide bonds. The third kappa shape index (κ3) is 6.10. The third-order valence-electron chi connectivity index (χ3n) is 7.55. The average Bonchev–Trinajstić information content (AvgIpc) is 3.39. The Morgan fingerprint density at radius 3 is 2.52 bits per heavy atom. The van der Waals surface area contributed by atoms with E-state index in [1.807, 2.05) is 24.3 Å². The highest BCUT2D eigenvalue weighted by molar-refractivity contribution is 5.97. The number of benzene rings is 3. The van der Waals surface area contributed by atoms with Crippen LogP contribution in [0.5, 0.6) is 11.5 Å². The van der Waals surface area contributed by atoms with Gasteiger partial charge in [0.05, 0.1) is 24.0 Å². The van der Waals surface area contributed by atoms with Crippen LogP contribution < -0.4 is 15.0 Å². The molecular formula is C31H33N3O6. The van der Waals surface area contributed by atoms with E-state index >= 15 is 0 Å². The van der Waals surface area contributed by atoms with Crippen LogP contribution in [-0.2, 0) is 16.0 Å². The largest absolute Gasteiger partial charge is 0.508 e. The highest BCUT2D eigenvalue weighted by Gasteiger charge is 2.28. The van der Waals surface area contributed by atoms with Crippen LogP contribution >= 0.6 is 0 Å². The smallest absolute Gasteiger partial charge is 0.411 e. The summed E-state index contributed by atoms with van der Waals surface area (Å²) in [5.74, 6) is 0.702. The van der Waals surface area contributed by atoms with Crippen molar-refractivity contribution in [1.29, 1.82) is 0 Å². The number of ether oxygens (including phenoxy) is 2. The van der Waals surface area contributed by atoms with Crippen molar-refractivity contribution in [2.24, 2.45) is 0 Å². The van der Waals surface area contributed by atoms with Crippen LogP contribution in [0.1, 0.15) is 35.2 Å². The summed E-state index contributed by atoms with van der Waals surface area (Å²) in [7, 11) is 1.52. The Hall–Kier alpha value is -4.37. The number of nitrogens with zero attached hydrogens (tertiary/aromatic N) is 2. The molecule has 0 aromatic heterocycles. The maximum Gasteiger partial charge on any atom is 0.411 e. The number of phenols is 1. The van der Waals surface area contributed by atoms with Crippen LogP contribution in [-0.4, -0.2) is 67.7 Å². The van der Waals surface area contributed by atoms with E-state index in [2.05, 4.69) is 10.2 Å². The Balaban J connectivity index is 1.09. The molecule has 0 spiro atoms. The first kappa shape index (κ1) is 27.2. The van der Waals surface area contributed by atoms with Crippen LogP contribution in [0.4, 0.5) is 16.2 Å². The average molecular weight is 544 g/mol. The zero-order valence-corrected chi connectivity index (χ0v) is 22.5. The number of hydrogen-bond donors (Lipinski definition) is 2. The van der Waals surface area contributed by atoms with E-state index in [1.165, 1.54) is 7.11 Å². The van der Waals surface area contributed by atoms with Gasteiger partial charge in [0.15, 0.2) is 6.29 Å². The number of para-hydroxylation sites is 1. The van der Waals surface area contributed by atoms with E-state index in [0.29, 0.717) is 49.4 Å². The number of anilines is 2. The minimum absolute atomic E-state index is 0.0460. The van der Waals surface area contributed by atoms with Crippen molar-refractivity contribution in [2.45, 2.75) is 31.8 Å². The lowest BCUT2D eigenvalue weighted by atomic mass is 10.0. The van der Waals surface area contributed by atoms with Gasteiger partial charge in [-0.25, -0.2) is 4.79 Å². The topological polar surface area (TPSA) is 108 Å². The van der Waals surface area contributed by atoms with Gasteiger partial charge in [-0.1, -0.05) is 30.3 Å². The van der Waals surface area contributed by atoms with Crippen LogP contribution in [0.15, 0.2) is 60.7 Å². The number of fused-ring (bicyclic) bond motifs is 1. The quantitative estimate of drug-likeness (QED) is 0.390. The first-order valence-electron chi connectivity index (χ1n) is 13.5. The van der Waals surface area contributed by atoms with Crippen molar-refractivity contribution in [3.63, 3.8) is 0 Å². The summed E-state index contributed by atoms with van der Waals surface area (Å²) in [5.41, 5.74) is 4.64. The van der Waals surface area contributed by atoms with Crippen molar-refractivity contribution >= 4 is 29.7 Å². The lowest BCUT2D eigenvalue weighted by Crippen LogP contribution is -2.40. The molecule has 208 valence electrons. The Labute approximate surface area is 233 Å². The van der Waals surface area contributed by atoms with Crippen molar-refractivity contribution in [2.75, 3.05) is 43.5 Å². The van der Waals surface area contributed by atoms with Gasteiger partial charge in [0.25, 0.3) is 0 Å². The van der Waals surface area contributed by atoms with Gasteiger partial charge in [0.1, 0.15) is 17.6 Å². The molecule has 2 N–H and O–H groups in total. The van der Waals surface area contributed by atoms with Crippen molar-refractivity contribution in [1.82, 2.24) is 4.90 Å². The molecule has 1 saturated heterocycles. The molecule has 9 nitrogen and oxygen atoms in total. The lowest BCUT2D eigenvalue weighted by molar-refractivity contribution is -0.118. The number of amides is 2. The maximum atomic E-state index is 13.0. The summed E-state index contributed by atoms with van der Waals surface area (Å²) >= 11 is 0.